The first kappa shape index (κ1) is 14.6. The van der Waals surface area contributed by atoms with Crippen LogP contribution in [0.3, 0.4) is 0 Å². The lowest BCUT2D eigenvalue weighted by atomic mass is 10.0. The number of hydrogen-bond acceptors (Lipinski definition) is 3. The van der Waals surface area contributed by atoms with Gasteiger partial charge in [-0.15, -0.1) is 0 Å². The second kappa shape index (κ2) is 6.64. The number of ether oxygens (including phenoxy) is 1. The second-order valence-corrected chi connectivity index (χ2v) is 5.62. The van der Waals surface area contributed by atoms with Crippen LogP contribution < -0.4 is 10.1 Å². The van der Waals surface area contributed by atoms with Gasteiger partial charge in [0.15, 0.2) is 0 Å². The molecule has 1 aromatic heterocycles. The lowest BCUT2D eigenvalue weighted by molar-refractivity contribution is -0.120. The highest BCUT2D eigenvalue weighted by atomic mass is 16.5. The van der Waals surface area contributed by atoms with E-state index in [1.165, 1.54) is 24.2 Å². The molecule has 1 aliphatic carbocycles. The molecule has 1 aliphatic rings. The number of rotatable bonds is 5. The molecular formula is C17H21N3O2. The van der Waals surface area contributed by atoms with Crippen LogP contribution in [0.15, 0.2) is 24.3 Å². The number of hydrogen-bond donors (Lipinski definition) is 2. The first-order valence-corrected chi connectivity index (χ1v) is 7.71. The van der Waals surface area contributed by atoms with Crippen molar-refractivity contribution >= 4 is 5.91 Å². The SMILES string of the molecule is COc1ccc(CC(=O)NCc2nc3c([nH]2)CCCC3)cc1. The van der Waals surface area contributed by atoms with E-state index in [0.29, 0.717) is 13.0 Å². The largest absolute Gasteiger partial charge is 0.497 e. The van der Waals surface area contributed by atoms with Gasteiger partial charge in [0.1, 0.15) is 11.6 Å². The molecule has 0 saturated carbocycles. The number of H-pyrrole nitrogens is 1. The van der Waals surface area contributed by atoms with Crippen LogP contribution in [0.25, 0.3) is 0 Å². The second-order valence-electron chi connectivity index (χ2n) is 5.62. The fourth-order valence-corrected chi connectivity index (χ4v) is 2.77. The Bertz CT molecular complexity index is 623. The minimum Gasteiger partial charge on any atom is -0.497 e. The molecule has 0 fully saturated rings. The van der Waals surface area contributed by atoms with E-state index in [0.717, 1.165) is 30.0 Å². The molecule has 0 spiro atoms. The van der Waals surface area contributed by atoms with Gasteiger partial charge in [-0.25, -0.2) is 4.98 Å². The van der Waals surface area contributed by atoms with Crippen LogP contribution in [0, 0.1) is 0 Å². The summed E-state index contributed by atoms with van der Waals surface area (Å²) >= 11 is 0. The van der Waals surface area contributed by atoms with Crippen LogP contribution in [-0.4, -0.2) is 23.0 Å². The van der Waals surface area contributed by atoms with Crippen molar-refractivity contribution in [3.63, 3.8) is 0 Å². The van der Waals surface area contributed by atoms with Crippen molar-refractivity contribution < 1.29 is 9.53 Å². The molecule has 1 heterocycles. The molecule has 0 unspecified atom stereocenters. The standard InChI is InChI=1S/C17H21N3O2/c1-22-13-8-6-12(7-9-13)10-17(21)18-11-16-19-14-4-2-3-5-15(14)20-16/h6-9H,2-5,10-11H2,1H3,(H,18,21)(H,19,20). The Hall–Kier alpha value is -2.30. The van der Waals surface area contributed by atoms with Gasteiger partial charge in [-0.05, 0) is 43.4 Å². The van der Waals surface area contributed by atoms with E-state index < -0.39 is 0 Å². The van der Waals surface area contributed by atoms with Gasteiger partial charge < -0.3 is 15.0 Å². The van der Waals surface area contributed by atoms with Crippen molar-refractivity contribution in [2.45, 2.75) is 38.6 Å². The molecule has 0 aliphatic heterocycles. The third kappa shape index (κ3) is 3.47. The highest BCUT2D eigenvalue weighted by Crippen LogP contribution is 2.18. The number of carbonyl (C=O) groups excluding carboxylic acids is 1. The van der Waals surface area contributed by atoms with E-state index in [1.54, 1.807) is 7.11 Å². The van der Waals surface area contributed by atoms with Crippen LogP contribution in [0.2, 0.25) is 0 Å². The lowest BCUT2D eigenvalue weighted by Gasteiger charge is -2.07. The summed E-state index contributed by atoms with van der Waals surface area (Å²) in [7, 11) is 1.63. The van der Waals surface area contributed by atoms with Crippen molar-refractivity contribution in [3.05, 3.63) is 47.0 Å². The number of benzene rings is 1. The normalized spacial score (nSPS) is 13.5. The number of carbonyl (C=O) groups is 1. The number of aromatic amines is 1. The predicted molar refractivity (Wildman–Crippen MR) is 83.8 cm³/mol. The molecule has 5 nitrogen and oxygen atoms in total. The average Bonchev–Trinajstić information content (AvgIpc) is 2.96. The van der Waals surface area contributed by atoms with E-state index in [4.69, 9.17) is 4.74 Å². The monoisotopic (exact) mass is 299 g/mol. The summed E-state index contributed by atoms with van der Waals surface area (Å²) in [5, 5.41) is 2.92. The lowest BCUT2D eigenvalue weighted by Crippen LogP contribution is -2.25. The number of aryl methyl sites for hydroxylation is 2. The highest BCUT2D eigenvalue weighted by Gasteiger charge is 2.14. The summed E-state index contributed by atoms with van der Waals surface area (Å²) in [4.78, 5) is 19.9. The van der Waals surface area contributed by atoms with Crippen molar-refractivity contribution in [3.8, 4) is 5.75 Å². The van der Waals surface area contributed by atoms with E-state index in [1.807, 2.05) is 24.3 Å². The first-order chi connectivity index (χ1) is 10.7. The summed E-state index contributed by atoms with van der Waals surface area (Å²) in [6, 6.07) is 7.54. The van der Waals surface area contributed by atoms with Gasteiger partial charge in [0.05, 0.1) is 25.8 Å². The zero-order valence-electron chi connectivity index (χ0n) is 12.8. The summed E-state index contributed by atoms with van der Waals surface area (Å²) in [6.07, 6.45) is 4.91. The quantitative estimate of drug-likeness (QED) is 0.889. The molecule has 1 amide bonds. The van der Waals surface area contributed by atoms with Crippen molar-refractivity contribution in [2.24, 2.45) is 0 Å². The van der Waals surface area contributed by atoms with Gasteiger partial charge in [0, 0.05) is 5.69 Å². The fraction of sp³-hybridized carbons (Fsp3) is 0.412. The third-order valence-corrected chi connectivity index (χ3v) is 3.98. The zero-order valence-corrected chi connectivity index (χ0v) is 12.8. The molecule has 0 radical (unpaired) electrons. The molecule has 22 heavy (non-hydrogen) atoms. The Morgan fingerprint density at radius 3 is 2.77 bits per heavy atom. The molecule has 0 saturated heterocycles. The van der Waals surface area contributed by atoms with Crippen LogP contribution in [0.1, 0.15) is 35.6 Å². The smallest absolute Gasteiger partial charge is 0.224 e. The summed E-state index contributed by atoms with van der Waals surface area (Å²) in [5.74, 6) is 1.65. The Morgan fingerprint density at radius 2 is 2.05 bits per heavy atom. The summed E-state index contributed by atoms with van der Waals surface area (Å²) < 4.78 is 5.11. The minimum atomic E-state index is -0.000427. The van der Waals surface area contributed by atoms with Crippen LogP contribution >= 0.6 is 0 Å². The molecular weight excluding hydrogens is 278 g/mol. The van der Waals surface area contributed by atoms with Crippen molar-refractivity contribution in [1.29, 1.82) is 0 Å². The average molecular weight is 299 g/mol. The molecule has 1 aromatic carbocycles. The summed E-state index contributed by atoms with van der Waals surface area (Å²) in [5.41, 5.74) is 3.38. The topological polar surface area (TPSA) is 67.0 Å². The number of aromatic nitrogens is 2. The maximum Gasteiger partial charge on any atom is 0.224 e. The minimum absolute atomic E-state index is 0.000427. The Labute approximate surface area is 130 Å². The van der Waals surface area contributed by atoms with Crippen molar-refractivity contribution in [2.75, 3.05) is 7.11 Å². The van der Waals surface area contributed by atoms with Gasteiger partial charge in [-0.3, -0.25) is 4.79 Å². The fourth-order valence-electron chi connectivity index (χ4n) is 2.77. The zero-order chi connectivity index (χ0) is 15.4. The van der Waals surface area contributed by atoms with Gasteiger partial charge in [-0.2, -0.15) is 0 Å². The van der Waals surface area contributed by atoms with Gasteiger partial charge in [0.2, 0.25) is 5.91 Å². The number of imidazole rings is 1. The van der Waals surface area contributed by atoms with Crippen LogP contribution in [-0.2, 0) is 30.6 Å². The Morgan fingerprint density at radius 1 is 1.27 bits per heavy atom. The highest BCUT2D eigenvalue weighted by molar-refractivity contribution is 5.78. The van der Waals surface area contributed by atoms with Crippen LogP contribution in [0.5, 0.6) is 5.75 Å². The molecule has 2 N–H and O–H groups in total. The van der Waals surface area contributed by atoms with E-state index >= 15 is 0 Å². The molecule has 2 aromatic rings. The van der Waals surface area contributed by atoms with Gasteiger partial charge in [0.25, 0.3) is 0 Å². The van der Waals surface area contributed by atoms with E-state index in [-0.39, 0.29) is 5.91 Å². The molecule has 0 atom stereocenters. The number of amides is 1. The predicted octanol–water partition coefficient (Wildman–Crippen LogP) is 2.16. The van der Waals surface area contributed by atoms with Crippen molar-refractivity contribution in [1.82, 2.24) is 15.3 Å². The van der Waals surface area contributed by atoms with E-state index in [9.17, 15) is 4.79 Å². The maximum absolute atomic E-state index is 12.0. The Kier molecular flexibility index (Phi) is 4.42. The van der Waals surface area contributed by atoms with Gasteiger partial charge >= 0.3 is 0 Å². The number of methoxy groups -OCH3 is 1. The molecule has 0 bridgehead atoms. The van der Waals surface area contributed by atoms with Crippen LogP contribution in [0.4, 0.5) is 0 Å². The maximum atomic E-state index is 12.0. The number of nitrogens with zero attached hydrogens (tertiary/aromatic N) is 1. The molecule has 3 rings (SSSR count). The molecule has 5 heteroatoms. The van der Waals surface area contributed by atoms with E-state index in [2.05, 4.69) is 15.3 Å². The number of nitrogens with one attached hydrogen (secondary N) is 2. The third-order valence-electron chi connectivity index (χ3n) is 3.98. The first-order valence-electron chi connectivity index (χ1n) is 7.71. The Balaban J connectivity index is 1.52. The summed E-state index contributed by atoms with van der Waals surface area (Å²) in [6.45, 7) is 0.460. The number of fused-ring (bicyclic) bond motifs is 1. The van der Waals surface area contributed by atoms with Gasteiger partial charge in [-0.1, -0.05) is 12.1 Å². The molecule has 116 valence electrons.